The van der Waals surface area contributed by atoms with E-state index in [4.69, 9.17) is 0 Å². The predicted octanol–water partition coefficient (Wildman–Crippen LogP) is -9.24. The summed E-state index contributed by atoms with van der Waals surface area (Å²) in [6.07, 6.45) is 0. The van der Waals surface area contributed by atoms with Gasteiger partial charge in [-0.05, 0) is 48.9 Å². The van der Waals surface area contributed by atoms with Gasteiger partial charge in [0.2, 0.25) is 0 Å². The van der Waals surface area contributed by atoms with Crippen molar-refractivity contribution in [3.05, 3.63) is 0 Å². The molecule has 0 aromatic rings. The van der Waals surface area contributed by atoms with Crippen LogP contribution in [0.25, 0.3) is 0 Å². The second-order valence-electron chi connectivity index (χ2n) is 1.61. The fraction of sp³-hybridized carbons (Fsp3) is 0. The van der Waals surface area contributed by atoms with Crippen molar-refractivity contribution < 1.29 is 45.9 Å². The van der Waals surface area contributed by atoms with Crippen molar-refractivity contribution in [1.29, 1.82) is 0 Å². The summed E-state index contributed by atoms with van der Waals surface area (Å²) in [5.74, 6) is 0. The van der Waals surface area contributed by atoms with Gasteiger partial charge in [0.05, 0.1) is 0 Å². The van der Waals surface area contributed by atoms with Crippen LogP contribution >= 0.6 is 48.9 Å². The van der Waals surface area contributed by atoms with Crippen LogP contribution in [0.5, 0.6) is 0 Å². The molecule has 0 saturated carbocycles. The Kier molecular flexibility index (Phi) is 81.3. The van der Waals surface area contributed by atoms with Crippen molar-refractivity contribution in [3.8, 4) is 0 Å². The van der Waals surface area contributed by atoms with E-state index in [1.165, 1.54) is 0 Å². The molecule has 0 amide bonds. The molecule has 0 spiro atoms. The Hall–Kier alpha value is 0.0283. The average molecular weight is 570 g/mol. The van der Waals surface area contributed by atoms with Crippen LogP contribution in [0.4, 0.5) is 0 Å². The molecule has 0 saturated heterocycles. The zero-order valence-electron chi connectivity index (χ0n) is 9.32. The average Bonchev–Trinajstić information content (AvgIpc) is 1.76. The predicted molar refractivity (Wildman–Crippen MR) is 83.9 cm³/mol. The van der Waals surface area contributed by atoms with E-state index in [0.29, 0.717) is 0 Å². The smallest absolute Gasteiger partial charge is 1.00 e. The molecule has 120 valence electrons. The number of thiocarbonyl (C=S) groups is 4. The minimum absolute atomic E-state index is 0. The fourth-order valence-electron chi connectivity index (χ4n) is 0. The Morgan fingerprint density at radius 1 is 0.421 bits per heavy atom. The van der Waals surface area contributed by atoms with Crippen molar-refractivity contribution in [2.24, 2.45) is 45.9 Å². The number of nitrogens with two attached hydrogens (primary N) is 8. The van der Waals surface area contributed by atoms with Crippen molar-refractivity contribution >= 4 is 69.3 Å². The van der Waals surface area contributed by atoms with Gasteiger partial charge in [-0.3, -0.25) is 0 Å². The molecule has 0 atom stereocenters. The molecule has 8 nitrogen and oxygen atoms in total. The Labute approximate surface area is 160 Å². The van der Waals surface area contributed by atoms with E-state index in [1.54, 1.807) is 0 Å². The van der Waals surface area contributed by atoms with Crippen LogP contribution in [0.15, 0.2) is 0 Å². The minimum atomic E-state index is 0. The second-order valence-corrected chi connectivity index (χ2v) is 3.50. The number of hydrogen-bond donors (Lipinski definition) is 8. The molecule has 19 heavy (non-hydrogen) atoms. The van der Waals surface area contributed by atoms with Gasteiger partial charge in [0.25, 0.3) is 0 Å². The maximum atomic E-state index is 4.62. The van der Waals surface area contributed by atoms with Crippen molar-refractivity contribution in [2.45, 2.75) is 0 Å². The zero-order chi connectivity index (χ0) is 14.3. The van der Waals surface area contributed by atoms with Crippen LogP contribution in [-0.2, 0) is 21.1 Å². The quantitative estimate of drug-likeness (QED) is 0.128. The van der Waals surface area contributed by atoms with E-state index in [1.807, 2.05) is 0 Å². The first kappa shape index (κ1) is 42.7. The molecule has 0 aromatic heterocycles. The number of rotatable bonds is 0. The molecular weight excluding hydrogens is 554 g/mol. The van der Waals surface area contributed by atoms with E-state index in [-0.39, 0.29) is 66.3 Å². The molecule has 0 aliphatic heterocycles. The molecule has 15 heteroatoms. The largest absolute Gasteiger partial charge is 2.00 e. The zero-order valence-corrected chi connectivity index (χ0v) is 16.4. The molecule has 0 heterocycles. The topological polar surface area (TPSA) is 208 Å². The molecule has 0 rings (SSSR count). The summed E-state index contributed by atoms with van der Waals surface area (Å²) in [6.45, 7) is 0. The molecule has 0 aromatic carbocycles. The van der Waals surface area contributed by atoms with Crippen LogP contribution in [0.3, 0.4) is 0 Å². The molecule has 0 aliphatic carbocycles. The van der Waals surface area contributed by atoms with Gasteiger partial charge in [-0.15, -0.1) is 0 Å². The summed E-state index contributed by atoms with van der Waals surface area (Å²) in [7, 11) is 0. The summed E-state index contributed by atoms with van der Waals surface area (Å²) in [4.78, 5) is 0. The van der Waals surface area contributed by atoms with E-state index in [0.717, 1.165) is 0 Å². The first-order valence-electron chi connectivity index (χ1n) is 3.13. The molecule has 16 N–H and O–H groups in total. The third-order valence-electron chi connectivity index (χ3n) is 0. The van der Waals surface area contributed by atoms with Crippen molar-refractivity contribution in [1.82, 2.24) is 0 Å². The molecular formula is C4H16Cl2N8PtS4. The normalized spacial score (nSPS) is 5.05. The Morgan fingerprint density at radius 3 is 0.421 bits per heavy atom. The third-order valence-corrected chi connectivity index (χ3v) is 0. The molecule has 0 unspecified atom stereocenters. The van der Waals surface area contributed by atoms with E-state index in [9.17, 15) is 0 Å². The first-order valence-corrected chi connectivity index (χ1v) is 4.76. The van der Waals surface area contributed by atoms with Crippen molar-refractivity contribution in [3.63, 3.8) is 0 Å². The SMILES string of the molecule is NC(N)=S.NC(N)=S.NC(N)=S.NC(N)=S.[Cl-].[Cl-].[Pt+2]. The van der Waals surface area contributed by atoms with Crippen LogP contribution in [0.2, 0.25) is 0 Å². The standard InChI is InChI=1S/4CH4N2S.2ClH.Pt/c4*2-1(3)4;;;/h4*(H4,2,3,4);2*1H;/q;;;;;;+2/p-2. The van der Waals surface area contributed by atoms with Gasteiger partial charge in [0, 0.05) is 0 Å². The van der Waals surface area contributed by atoms with Gasteiger partial charge in [0.1, 0.15) is 0 Å². The van der Waals surface area contributed by atoms with Gasteiger partial charge >= 0.3 is 21.1 Å². The minimum Gasteiger partial charge on any atom is -1.00 e. The summed E-state index contributed by atoms with van der Waals surface area (Å²) in [6, 6.07) is 0. The maximum absolute atomic E-state index is 4.62. The molecule has 0 bridgehead atoms. The third kappa shape index (κ3) is 5780000. The summed E-state index contributed by atoms with van der Waals surface area (Å²) in [5, 5.41) is 0.000000000000000888. The van der Waals surface area contributed by atoms with Crippen LogP contribution in [0.1, 0.15) is 0 Å². The van der Waals surface area contributed by atoms with Gasteiger partial charge in [0.15, 0.2) is 20.4 Å². The molecule has 0 aliphatic rings. The van der Waals surface area contributed by atoms with Gasteiger partial charge in [-0.25, -0.2) is 0 Å². The maximum Gasteiger partial charge on any atom is 2.00 e. The Balaban J connectivity index is -0.0000000192. The van der Waals surface area contributed by atoms with Crippen LogP contribution < -0.4 is 70.7 Å². The summed E-state index contributed by atoms with van der Waals surface area (Å²) in [5.41, 5.74) is 37.0. The summed E-state index contributed by atoms with van der Waals surface area (Å²) < 4.78 is 0. The molecule has 0 radical (unpaired) electrons. The van der Waals surface area contributed by atoms with E-state index >= 15 is 0 Å². The second kappa shape index (κ2) is 36.1. The first-order chi connectivity index (χ1) is 6.93. The van der Waals surface area contributed by atoms with Gasteiger partial charge in [-0.1, -0.05) is 0 Å². The fourth-order valence-corrected chi connectivity index (χ4v) is 0. The van der Waals surface area contributed by atoms with E-state index < -0.39 is 0 Å². The number of halogens is 2. The number of hydrogen-bond acceptors (Lipinski definition) is 4. The van der Waals surface area contributed by atoms with Crippen LogP contribution in [-0.4, -0.2) is 20.4 Å². The summed E-state index contributed by atoms with van der Waals surface area (Å²) >= 11 is 16.4. The monoisotopic (exact) mass is 569 g/mol. The van der Waals surface area contributed by atoms with Gasteiger partial charge < -0.3 is 70.7 Å². The van der Waals surface area contributed by atoms with Crippen molar-refractivity contribution in [2.75, 3.05) is 0 Å². The Bertz CT molecular complexity index is 179. The van der Waals surface area contributed by atoms with Gasteiger partial charge in [-0.2, -0.15) is 0 Å². The molecule has 0 fully saturated rings. The van der Waals surface area contributed by atoms with Crippen LogP contribution in [0, 0.1) is 0 Å². The Morgan fingerprint density at radius 2 is 0.421 bits per heavy atom. The van der Waals surface area contributed by atoms with E-state index in [2.05, 4.69) is 94.7 Å².